The van der Waals surface area contributed by atoms with Crippen molar-refractivity contribution in [2.45, 2.75) is 20.4 Å². The van der Waals surface area contributed by atoms with Gasteiger partial charge in [0.1, 0.15) is 5.75 Å². The zero-order valence-electron chi connectivity index (χ0n) is 20.7. The molecule has 4 rings (SSSR count). The van der Waals surface area contributed by atoms with Crippen LogP contribution in [0.1, 0.15) is 27.2 Å². The zero-order valence-corrected chi connectivity index (χ0v) is 20.7. The SMILES string of the molecule is COc1ccccc1NC(=O)COc1ccc(C(=O)NCc2ccc3[nH]c(C)c(C)c3c2)cc1OC. The molecule has 3 aromatic carbocycles. The number of anilines is 1. The summed E-state index contributed by atoms with van der Waals surface area (Å²) in [7, 11) is 3.02. The van der Waals surface area contributed by atoms with Gasteiger partial charge in [-0.1, -0.05) is 18.2 Å². The number of amides is 2. The van der Waals surface area contributed by atoms with Crippen molar-refractivity contribution >= 4 is 28.4 Å². The van der Waals surface area contributed by atoms with Crippen LogP contribution in [0.5, 0.6) is 17.2 Å². The number of rotatable bonds is 9. The predicted octanol–water partition coefficient (Wildman–Crippen LogP) is 4.75. The Balaban J connectivity index is 1.37. The number of aromatic nitrogens is 1. The molecule has 0 aliphatic rings. The molecule has 0 bridgehead atoms. The molecule has 0 aliphatic heterocycles. The molecule has 8 heteroatoms. The van der Waals surface area contributed by atoms with Crippen LogP contribution in [0.4, 0.5) is 5.69 Å². The van der Waals surface area contributed by atoms with Crippen LogP contribution in [-0.2, 0) is 11.3 Å². The second-order valence-electron chi connectivity index (χ2n) is 8.34. The Morgan fingerprint density at radius 3 is 2.44 bits per heavy atom. The van der Waals surface area contributed by atoms with Crippen molar-refractivity contribution < 1.29 is 23.8 Å². The molecule has 0 atom stereocenters. The van der Waals surface area contributed by atoms with Crippen LogP contribution in [0.3, 0.4) is 0 Å². The minimum atomic E-state index is -0.354. The second kappa shape index (κ2) is 10.9. The van der Waals surface area contributed by atoms with E-state index in [0.29, 0.717) is 35.0 Å². The summed E-state index contributed by atoms with van der Waals surface area (Å²) in [6, 6.07) is 18.0. The molecule has 0 saturated heterocycles. The number of carbonyl (C=O) groups excluding carboxylic acids is 2. The molecule has 0 saturated carbocycles. The third-order valence-electron chi connectivity index (χ3n) is 5.99. The second-order valence-corrected chi connectivity index (χ2v) is 8.34. The molecule has 1 aromatic heterocycles. The topological polar surface area (TPSA) is 102 Å². The minimum Gasteiger partial charge on any atom is -0.495 e. The molecular formula is C28H29N3O5. The number of methoxy groups -OCH3 is 2. The van der Waals surface area contributed by atoms with Crippen molar-refractivity contribution in [2.24, 2.45) is 0 Å². The number of fused-ring (bicyclic) bond motifs is 1. The molecule has 4 aromatic rings. The highest BCUT2D eigenvalue weighted by Crippen LogP contribution is 2.29. The van der Waals surface area contributed by atoms with Crippen LogP contribution in [0.2, 0.25) is 0 Å². The number of aromatic amines is 1. The Hall–Kier alpha value is -4.46. The van der Waals surface area contributed by atoms with Gasteiger partial charge in [-0.05, 0) is 67.4 Å². The summed E-state index contributed by atoms with van der Waals surface area (Å²) in [6.07, 6.45) is 0. The van der Waals surface area contributed by atoms with Gasteiger partial charge in [-0.25, -0.2) is 0 Å². The van der Waals surface area contributed by atoms with Crippen molar-refractivity contribution in [1.29, 1.82) is 0 Å². The smallest absolute Gasteiger partial charge is 0.262 e. The maximum Gasteiger partial charge on any atom is 0.262 e. The van der Waals surface area contributed by atoms with Gasteiger partial charge in [0, 0.05) is 28.7 Å². The standard InChI is InChI=1S/C28H29N3O5/c1-17-18(2)30-22-11-9-19(13-21(17)22)15-29-28(33)20-10-12-25(26(14-20)35-4)36-16-27(32)31-23-7-5-6-8-24(23)34-3/h5-14,30H,15-16H2,1-4H3,(H,29,33)(H,31,32). The molecule has 0 radical (unpaired) electrons. The molecule has 0 unspecified atom stereocenters. The highest BCUT2D eigenvalue weighted by molar-refractivity contribution is 5.95. The van der Waals surface area contributed by atoms with Gasteiger partial charge in [-0.15, -0.1) is 0 Å². The van der Waals surface area contributed by atoms with Crippen molar-refractivity contribution in [3.8, 4) is 17.2 Å². The normalized spacial score (nSPS) is 10.7. The number of ether oxygens (including phenoxy) is 3. The summed E-state index contributed by atoms with van der Waals surface area (Å²) in [5.41, 5.74) is 5.40. The first kappa shape index (κ1) is 24.7. The van der Waals surface area contributed by atoms with E-state index in [4.69, 9.17) is 14.2 Å². The maximum absolute atomic E-state index is 12.8. The molecule has 2 amide bonds. The zero-order chi connectivity index (χ0) is 25.7. The van der Waals surface area contributed by atoms with E-state index in [2.05, 4.69) is 28.6 Å². The largest absolute Gasteiger partial charge is 0.495 e. The number of hydrogen-bond donors (Lipinski definition) is 3. The fourth-order valence-electron chi connectivity index (χ4n) is 3.91. The van der Waals surface area contributed by atoms with Crippen molar-refractivity contribution in [1.82, 2.24) is 10.3 Å². The molecule has 8 nitrogen and oxygen atoms in total. The maximum atomic E-state index is 12.8. The average molecular weight is 488 g/mol. The lowest BCUT2D eigenvalue weighted by atomic mass is 10.1. The number of benzene rings is 3. The van der Waals surface area contributed by atoms with Gasteiger partial charge in [0.05, 0.1) is 19.9 Å². The van der Waals surface area contributed by atoms with E-state index < -0.39 is 0 Å². The summed E-state index contributed by atoms with van der Waals surface area (Å²) in [4.78, 5) is 28.5. The fraction of sp³-hybridized carbons (Fsp3) is 0.214. The van der Waals surface area contributed by atoms with Crippen LogP contribution >= 0.6 is 0 Å². The molecule has 186 valence electrons. The Morgan fingerprint density at radius 1 is 0.889 bits per heavy atom. The van der Waals surface area contributed by atoms with Crippen LogP contribution in [0.25, 0.3) is 10.9 Å². The highest BCUT2D eigenvalue weighted by Gasteiger charge is 2.14. The fourth-order valence-corrected chi connectivity index (χ4v) is 3.91. The van der Waals surface area contributed by atoms with Crippen LogP contribution < -0.4 is 24.8 Å². The van der Waals surface area contributed by atoms with Crippen molar-refractivity contribution in [3.05, 3.63) is 83.0 Å². The Labute approximate surface area is 209 Å². The predicted molar refractivity (Wildman–Crippen MR) is 139 cm³/mol. The number of carbonyl (C=O) groups is 2. The number of aryl methyl sites for hydroxylation is 2. The van der Waals surface area contributed by atoms with Crippen LogP contribution in [0.15, 0.2) is 60.7 Å². The lowest BCUT2D eigenvalue weighted by molar-refractivity contribution is -0.118. The first-order chi connectivity index (χ1) is 17.4. The third-order valence-corrected chi connectivity index (χ3v) is 5.99. The molecule has 1 heterocycles. The van der Waals surface area contributed by atoms with E-state index in [-0.39, 0.29) is 18.4 Å². The van der Waals surface area contributed by atoms with Crippen molar-refractivity contribution in [3.63, 3.8) is 0 Å². The van der Waals surface area contributed by atoms with E-state index in [1.54, 1.807) is 36.4 Å². The monoisotopic (exact) mass is 487 g/mol. The molecule has 0 aliphatic carbocycles. The lowest BCUT2D eigenvalue weighted by Gasteiger charge is -2.13. The molecular weight excluding hydrogens is 458 g/mol. The number of para-hydroxylation sites is 2. The Kier molecular flexibility index (Phi) is 7.44. The Morgan fingerprint density at radius 2 is 1.67 bits per heavy atom. The summed E-state index contributed by atoms with van der Waals surface area (Å²) in [6.45, 7) is 4.28. The van der Waals surface area contributed by atoms with Gasteiger partial charge in [-0.3, -0.25) is 9.59 Å². The molecule has 36 heavy (non-hydrogen) atoms. The van der Waals surface area contributed by atoms with Gasteiger partial charge in [0.2, 0.25) is 0 Å². The van der Waals surface area contributed by atoms with E-state index in [1.165, 1.54) is 19.8 Å². The van der Waals surface area contributed by atoms with Gasteiger partial charge < -0.3 is 29.8 Å². The third kappa shape index (κ3) is 5.43. The highest BCUT2D eigenvalue weighted by atomic mass is 16.5. The van der Waals surface area contributed by atoms with Gasteiger partial charge in [0.15, 0.2) is 18.1 Å². The number of hydrogen-bond acceptors (Lipinski definition) is 5. The molecule has 0 spiro atoms. The summed E-state index contributed by atoms with van der Waals surface area (Å²) in [5.74, 6) is 0.668. The lowest BCUT2D eigenvalue weighted by Crippen LogP contribution is -2.23. The molecule has 3 N–H and O–H groups in total. The first-order valence-electron chi connectivity index (χ1n) is 11.5. The quantitative estimate of drug-likeness (QED) is 0.316. The average Bonchev–Trinajstić information content (AvgIpc) is 3.18. The van der Waals surface area contributed by atoms with Crippen LogP contribution in [-0.4, -0.2) is 37.6 Å². The first-order valence-corrected chi connectivity index (χ1v) is 11.5. The van der Waals surface area contributed by atoms with Crippen molar-refractivity contribution in [2.75, 3.05) is 26.1 Å². The van der Waals surface area contributed by atoms with E-state index in [0.717, 1.165) is 22.2 Å². The molecule has 0 fully saturated rings. The minimum absolute atomic E-state index is 0.236. The van der Waals surface area contributed by atoms with E-state index in [9.17, 15) is 9.59 Å². The van der Waals surface area contributed by atoms with Gasteiger partial charge >= 0.3 is 0 Å². The number of nitrogens with one attached hydrogen (secondary N) is 3. The van der Waals surface area contributed by atoms with Crippen LogP contribution in [0, 0.1) is 13.8 Å². The van der Waals surface area contributed by atoms with Gasteiger partial charge in [-0.2, -0.15) is 0 Å². The van der Waals surface area contributed by atoms with E-state index in [1.807, 2.05) is 25.1 Å². The number of H-pyrrole nitrogens is 1. The summed E-state index contributed by atoms with van der Waals surface area (Å²) < 4.78 is 16.3. The summed E-state index contributed by atoms with van der Waals surface area (Å²) >= 11 is 0. The van der Waals surface area contributed by atoms with Gasteiger partial charge in [0.25, 0.3) is 11.8 Å². The Bertz CT molecular complexity index is 1410. The summed E-state index contributed by atoms with van der Waals surface area (Å²) in [5, 5.41) is 6.85. The van der Waals surface area contributed by atoms with E-state index >= 15 is 0 Å².